The van der Waals surface area contributed by atoms with E-state index in [9.17, 15) is 0 Å². The van der Waals surface area contributed by atoms with Crippen molar-refractivity contribution in [3.8, 4) is 23.0 Å². The predicted octanol–water partition coefficient (Wildman–Crippen LogP) is 4.02. The molecule has 0 N–H and O–H groups in total. The van der Waals surface area contributed by atoms with Crippen LogP contribution in [0.25, 0.3) is 23.0 Å². The number of oxazole rings is 1. The van der Waals surface area contributed by atoms with Crippen LogP contribution >= 0.6 is 11.8 Å². The molecule has 0 bridgehead atoms. The van der Waals surface area contributed by atoms with Crippen molar-refractivity contribution in [2.75, 3.05) is 0 Å². The largest absolute Gasteiger partial charge is 0.461 e. The Bertz CT molecular complexity index is 929. The minimum atomic E-state index is 0.625. The molecule has 0 aliphatic heterocycles. The lowest BCUT2D eigenvalue weighted by Crippen LogP contribution is -1.94. The third kappa shape index (κ3) is 2.85. The fourth-order valence-electron chi connectivity index (χ4n) is 2.29. The molecule has 7 heteroatoms. The van der Waals surface area contributed by atoms with Crippen molar-refractivity contribution >= 4 is 11.8 Å². The predicted molar refractivity (Wildman–Crippen MR) is 90.2 cm³/mol. The van der Waals surface area contributed by atoms with Gasteiger partial charge in [-0.25, -0.2) is 4.98 Å². The third-order valence-electron chi connectivity index (χ3n) is 3.50. The molecule has 4 aromatic rings. The number of rotatable bonds is 5. The van der Waals surface area contributed by atoms with E-state index in [0.717, 1.165) is 16.4 Å². The number of hydrogen-bond acceptors (Lipinski definition) is 6. The summed E-state index contributed by atoms with van der Waals surface area (Å²) in [4.78, 5) is 4.52. The van der Waals surface area contributed by atoms with Gasteiger partial charge < -0.3 is 13.4 Å². The number of hydrogen-bond donors (Lipinski definition) is 0. The smallest absolute Gasteiger partial charge is 0.226 e. The molecule has 1 aromatic carbocycles. The topological polar surface area (TPSA) is 69.9 Å². The lowest BCUT2D eigenvalue weighted by molar-refractivity contribution is 0.572. The van der Waals surface area contributed by atoms with E-state index in [1.165, 1.54) is 0 Å². The van der Waals surface area contributed by atoms with Crippen LogP contribution < -0.4 is 0 Å². The first-order chi connectivity index (χ1) is 11.8. The number of thioether (sulfide) groups is 1. The van der Waals surface area contributed by atoms with Crippen molar-refractivity contribution in [3.05, 3.63) is 60.7 Å². The van der Waals surface area contributed by atoms with Gasteiger partial charge in [-0.1, -0.05) is 30.0 Å². The van der Waals surface area contributed by atoms with Crippen molar-refractivity contribution in [3.63, 3.8) is 0 Å². The second kappa shape index (κ2) is 6.37. The van der Waals surface area contributed by atoms with Crippen molar-refractivity contribution in [2.24, 2.45) is 7.05 Å². The van der Waals surface area contributed by atoms with E-state index in [1.807, 2.05) is 54.1 Å². The highest BCUT2D eigenvalue weighted by atomic mass is 32.2. The highest BCUT2D eigenvalue weighted by Gasteiger charge is 2.14. The average Bonchev–Trinajstić information content (AvgIpc) is 3.35. The molecule has 0 aliphatic rings. The molecule has 24 heavy (non-hydrogen) atoms. The van der Waals surface area contributed by atoms with Crippen molar-refractivity contribution in [1.82, 2.24) is 19.7 Å². The van der Waals surface area contributed by atoms with Crippen LogP contribution in [0.1, 0.15) is 5.69 Å². The van der Waals surface area contributed by atoms with Crippen molar-refractivity contribution < 1.29 is 8.83 Å². The molecule has 6 nitrogen and oxygen atoms in total. The van der Waals surface area contributed by atoms with E-state index in [4.69, 9.17) is 8.83 Å². The molecule has 0 saturated carbocycles. The maximum absolute atomic E-state index is 5.55. The lowest BCUT2D eigenvalue weighted by atomic mass is 10.2. The summed E-state index contributed by atoms with van der Waals surface area (Å²) in [5.41, 5.74) is 1.83. The Labute approximate surface area is 142 Å². The van der Waals surface area contributed by atoms with Gasteiger partial charge in [0.25, 0.3) is 0 Å². The van der Waals surface area contributed by atoms with Crippen LogP contribution in [0.5, 0.6) is 0 Å². The second-order valence-corrected chi connectivity index (χ2v) is 6.08. The standard InChI is InChI=1S/C17H14N4O2S/c1-21-15(14-8-5-9-22-14)19-20-17(21)24-11-13-10-23-16(18-13)12-6-3-2-4-7-12/h2-10H,11H2,1H3. The third-order valence-corrected chi connectivity index (χ3v) is 4.55. The molecular formula is C17H14N4O2S. The summed E-state index contributed by atoms with van der Waals surface area (Å²) < 4.78 is 12.8. The number of nitrogens with zero attached hydrogens (tertiary/aromatic N) is 4. The number of benzene rings is 1. The Balaban J connectivity index is 1.47. The van der Waals surface area contributed by atoms with Gasteiger partial charge in [-0.2, -0.15) is 0 Å². The quantitative estimate of drug-likeness (QED) is 0.512. The highest BCUT2D eigenvalue weighted by molar-refractivity contribution is 7.98. The highest BCUT2D eigenvalue weighted by Crippen LogP contribution is 2.26. The van der Waals surface area contributed by atoms with Crippen LogP contribution in [0, 0.1) is 0 Å². The van der Waals surface area contributed by atoms with E-state index in [-0.39, 0.29) is 0 Å². The summed E-state index contributed by atoms with van der Waals surface area (Å²) in [5, 5.41) is 9.18. The molecule has 0 spiro atoms. The van der Waals surface area contributed by atoms with Crippen molar-refractivity contribution in [2.45, 2.75) is 10.9 Å². The van der Waals surface area contributed by atoms with Crippen LogP contribution in [0.4, 0.5) is 0 Å². The SMILES string of the molecule is Cn1c(SCc2coc(-c3ccccc3)n2)nnc1-c1ccco1. The first-order valence-electron chi connectivity index (χ1n) is 7.37. The van der Waals surface area contributed by atoms with Gasteiger partial charge in [0.15, 0.2) is 16.7 Å². The number of aromatic nitrogens is 4. The molecule has 120 valence electrons. The van der Waals surface area contributed by atoms with E-state index < -0.39 is 0 Å². The van der Waals surface area contributed by atoms with Gasteiger partial charge in [-0.3, -0.25) is 0 Å². The summed E-state index contributed by atoms with van der Waals surface area (Å²) in [6.07, 6.45) is 3.30. The van der Waals surface area contributed by atoms with E-state index in [0.29, 0.717) is 23.2 Å². The van der Waals surface area contributed by atoms with Gasteiger partial charge in [0.05, 0.1) is 12.0 Å². The molecule has 0 fully saturated rings. The zero-order valence-corrected chi connectivity index (χ0v) is 13.7. The number of furan rings is 1. The van der Waals surface area contributed by atoms with Gasteiger partial charge in [0.2, 0.25) is 5.89 Å². The summed E-state index contributed by atoms with van der Waals surface area (Å²) in [6.45, 7) is 0. The molecule has 3 aromatic heterocycles. The maximum Gasteiger partial charge on any atom is 0.226 e. The van der Waals surface area contributed by atoms with Gasteiger partial charge in [-0.05, 0) is 24.3 Å². The zero-order chi connectivity index (χ0) is 16.4. The molecular weight excluding hydrogens is 324 g/mol. The summed E-state index contributed by atoms with van der Waals surface area (Å²) in [5.74, 6) is 2.68. The Kier molecular flexibility index (Phi) is 3.92. The molecule has 0 radical (unpaired) electrons. The van der Waals surface area contributed by atoms with Crippen LogP contribution in [0.3, 0.4) is 0 Å². The molecule has 0 amide bonds. The summed E-state index contributed by atoms with van der Waals surface area (Å²) >= 11 is 1.55. The fourth-order valence-corrected chi connectivity index (χ4v) is 3.07. The average molecular weight is 338 g/mol. The maximum atomic E-state index is 5.55. The van der Waals surface area contributed by atoms with Gasteiger partial charge in [-0.15, -0.1) is 10.2 Å². The van der Waals surface area contributed by atoms with Gasteiger partial charge >= 0.3 is 0 Å². The monoisotopic (exact) mass is 338 g/mol. The lowest BCUT2D eigenvalue weighted by Gasteiger charge is -2.00. The van der Waals surface area contributed by atoms with Crippen molar-refractivity contribution in [1.29, 1.82) is 0 Å². The minimum absolute atomic E-state index is 0.625. The molecule has 0 unspecified atom stereocenters. The van der Waals surface area contributed by atoms with E-state index >= 15 is 0 Å². The van der Waals surface area contributed by atoms with E-state index in [2.05, 4.69) is 15.2 Å². The molecule has 0 saturated heterocycles. The Morgan fingerprint density at radius 3 is 2.71 bits per heavy atom. The van der Waals surface area contributed by atoms with Crippen LogP contribution in [-0.4, -0.2) is 19.7 Å². The first-order valence-corrected chi connectivity index (χ1v) is 8.36. The Morgan fingerprint density at radius 1 is 1.04 bits per heavy atom. The second-order valence-electron chi connectivity index (χ2n) is 5.14. The molecule has 0 atom stereocenters. The zero-order valence-electron chi connectivity index (χ0n) is 12.9. The Morgan fingerprint density at radius 2 is 1.92 bits per heavy atom. The fraction of sp³-hybridized carbons (Fsp3) is 0.118. The first kappa shape index (κ1) is 14.8. The van der Waals surface area contributed by atoms with Gasteiger partial charge in [0, 0.05) is 18.4 Å². The van der Waals surface area contributed by atoms with Crippen LogP contribution in [0.15, 0.2) is 69.0 Å². The Hall–Kier alpha value is -2.80. The van der Waals surface area contributed by atoms with E-state index in [1.54, 1.807) is 24.3 Å². The van der Waals surface area contributed by atoms with Crippen LogP contribution in [-0.2, 0) is 12.8 Å². The summed E-state index contributed by atoms with van der Waals surface area (Å²) in [7, 11) is 1.92. The molecule has 4 rings (SSSR count). The van der Waals surface area contributed by atoms with Crippen LogP contribution in [0.2, 0.25) is 0 Å². The normalized spacial score (nSPS) is 11.0. The summed E-state index contributed by atoms with van der Waals surface area (Å²) in [6, 6.07) is 13.5. The minimum Gasteiger partial charge on any atom is -0.461 e. The van der Waals surface area contributed by atoms with Gasteiger partial charge in [0.1, 0.15) is 6.26 Å². The molecule has 0 aliphatic carbocycles. The molecule has 3 heterocycles.